The molecule has 3 aromatic rings. The van der Waals surface area contributed by atoms with Crippen LogP contribution in [-0.4, -0.2) is 58.8 Å². The highest BCUT2D eigenvalue weighted by Gasteiger charge is 2.44. The highest BCUT2D eigenvalue weighted by molar-refractivity contribution is 7.60. The van der Waals surface area contributed by atoms with E-state index in [1.165, 1.54) is 0 Å². The average Bonchev–Trinajstić information content (AvgIpc) is 3.71. The van der Waals surface area contributed by atoms with E-state index in [4.69, 9.17) is 4.74 Å². The molecule has 0 unspecified atom stereocenters. The van der Waals surface area contributed by atoms with Crippen molar-refractivity contribution in [3.8, 4) is 0 Å². The number of carbonyl (C=O) groups excluding carboxylic acids is 3. The van der Waals surface area contributed by atoms with Gasteiger partial charge in [-0.1, -0.05) is 91.0 Å². The summed E-state index contributed by atoms with van der Waals surface area (Å²) in [6.45, 7) is 2.78. The van der Waals surface area contributed by atoms with Gasteiger partial charge in [-0.2, -0.15) is 0 Å². The highest BCUT2D eigenvalue weighted by atomic mass is 31.2. The standard InChI is InChI=1S/C34H40N3O5P/c1-26(35-43(41,24-28-15-7-3-8-16-28)25-29-17-9-4-10-18-29)32(38)36-21-11-19-30(36)33(39)37-22-12-20-31(37)34(40)42-23-27-13-5-2-6-14-27/h2-10,13-18,26,30-31H,11-12,19-25H2,1H3,(H,35,41)/t26-,30-,31+/m0/s1. The number of nitrogens with zero attached hydrogens (tertiary/aromatic N) is 2. The summed E-state index contributed by atoms with van der Waals surface area (Å²) in [5.74, 6) is -0.878. The van der Waals surface area contributed by atoms with Crippen LogP contribution in [0.4, 0.5) is 0 Å². The molecule has 3 atom stereocenters. The molecule has 5 rings (SSSR count). The van der Waals surface area contributed by atoms with Gasteiger partial charge in [-0.25, -0.2) is 4.79 Å². The molecule has 226 valence electrons. The van der Waals surface area contributed by atoms with Gasteiger partial charge in [-0.15, -0.1) is 0 Å². The summed E-state index contributed by atoms with van der Waals surface area (Å²) in [7, 11) is -3.09. The van der Waals surface area contributed by atoms with Crippen LogP contribution in [0.1, 0.15) is 49.3 Å². The minimum atomic E-state index is -3.09. The number of amides is 2. The number of ether oxygens (including phenoxy) is 1. The van der Waals surface area contributed by atoms with Crippen molar-refractivity contribution in [3.05, 3.63) is 108 Å². The summed E-state index contributed by atoms with van der Waals surface area (Å²) in [5.41, 5.74) is 2.75. The SMILES string of the molecule is C[C@H](NP(=O)(Cc1ccccc1)Cc1ccccc1)C(=O)N1CCC[C@H]1C(=O)N1CCC[C@@H]1C(=O)OCc1ccccc1. The van der Waals surface area contributed by atoms with Crippen molar-refractivity contribution in [2.75, 3.05) is 13.1 Å². The van der Waals surface area contributed by atoms with Crippen molar-refractivity contribution in [3.63, 3.8) is 0 Å². The van der Waals surface area contributed by atoms with Crippen molar-refractivity contribution in [1.29, 1.82) is 0 Å². The average molecular weight is 602 g/mol. The lowest BCUT2D eigenvalue weighted by Gasteiger charge is -2.33. The second kappa shape index (κ2) is 14.2. The monoisotopic (exact) mass is 601 g/mol. The lowest BCUT2D eigenvalue weighted by molar-refractivity contribution is -0.156. The fraction of sp³-hybridized carbons (Fsp3) is 0.382. The summed E-state index contributed by atoms with van der Waals surface area (Å²) in [6, 6.07) is 26.7. The molecule has 0 radical (unpaired) electrons. The van der Waals surface area contributed by atoms with Gasteiger partial charge in [-0.05, 0) is 49.3 Å². The van der Waals surface area contributed by atoms with Gasteiger partial charge in [0.05, 0.1) is 6.04 Å². The fourth-order valence-electron chi connectivity index (χ4n) is 6.14. The van der Waals surface area contributed by atoms with Gasteiger partial charge in [0.15, 0.2) is 7.29 Å². The number of esters is 1. The molecule has 43 heavy (non-hydrogen) atoms. The van der Waals surface area contributed by atoms with Crippen LogP contribution >= 0.6 is 7.29 Å². The van der Waals surface area contributed by atoms with Crippen LogP contribution in [-0.2, 0) is 42.6 Å². The number of benzene rings is 3. The van der Waals surface area contributed by atoms with E-state index >= 15 is 0 Å². The zero-order chi connectivity index (χ0) is 30.2. The van der Waals surface area contributed by atoms with E-state index in [-0.39, 0.29) is 18.4 Å². The summed E-state index contributed by atoms with van der Waals surface area (Å²) < 4.78 is 19.9. The number of rotatable bonds is 11. The number of likely N-dealkylation sites (tertiary alicyclic amines) is 2. The zero-order valence-corrected chi connectivity index (χ0v) is 25.5. The molecule has 2 fully saturated rings. The van der Waals surface area contributed by atoms with Crippen LogP contribution in [0.2, 0.25) is 0 Å². The van der Waals surface area contributed by atoms with Gasteiger partial charge in [0.2, 0.25) is 11.8 Å². The normalized spacial score (nSPS) is 19.3. The Labute approximate surface area is 253 Å². The zero-order valence-electron chi connectivity index (χ0n) is 24.6. The first-order valence-corrected chi connectivity index (χ1v) is 17.2. The third-order valence-corrected chi connectivity index (χ3v) is 10.8. The van der Waals surface area contributed by atoms with E-state index in [9.17, 15) is 18.9 Å². The van der Waals surface area contributed by atoms with Crippen molar-refractivity contribution in [2.45, 2.75) is 69.7 Å². The molecule has 2 heterocycles. The maximum absolute atomic E-state index is 14.4. The summed E-state index contributed by atoms with van der Waals surface area (Å²) >= 11 is 0. The molecule has 2 amide bonds. The lowest BCUT2D eigenvalue weighted by Crippen LogP contribution is -2.54. The Morgan fingerprint density at radius 2 is 1.26 bits per heavy atom. The Morgan fingerprint density at radius 1 is 0.767 bits per heavy atom. The number of nitrogens with one attached hydrogen (secondary N) is 1. The summed E-state index contributed by atoms with van der Waals surface area (Å²) in [4.78, 5) is 43.8. The third kappa shape index (κ3) is 7.81. The van der Waals surface area contributed by atoms with Gasteiger partial charge < -0.3 is 19.1 Å². The number of carbonyl (C=O) groups is 3. The molecular formula is C34H40N3O5P. The van der Waals surface area contributed by atoms with E-state index in [0.29, 0.717) is 51.1 Å². The highest BCUT2D eigenvalue weighted by Crippen LogP contribution is 2.49. The molecule has 0 bridgehead atoms. The van der Waals surface area contributed by atoms with Crippen LogP contribution < -0.4 is 5.09 Å². The van der Waals surface area contributed by atoms with Crippen LogP contribution in [0.3, 0.4) is 0 Å². The maximum Gasteiger partial charge on any atom is 0.329 e. The first-order valence-electron chi connectivity index (χ1n) is 15.1. The molecule has 9 heteroatoms. The molecule has 0 aromatic heterocycles. The van der Waals surface area contributed by atoms with Gasteiger partial charge in [-0.3, -0.25) is 14.7 Å². The van der Waals surface area contributed by atoms with Crippen molar-refractivity contribution < 1.29 is 23.7 Å². The molecular weight excluding hydrogens is 561 g/mol. The van der Waals surface area contributed by atoms with E-state index in [1.807, 2.05) is 91.0 Å². The Kier molecular flexibility index (Phi) is 10.1. The predicted octanol–water partition coefficient (Wildman–Crippen LogP) is 5.37. The minimum absolute atomic E-state index is 0.154. The Bertz CT molecular complexity index is 1390. The quantitative estimate of drug-likeness (QED) is 0.235. The van der Waals surface area contributed by atoms with Crippen molar-refractivity contribution >= 4 is 25.1 Å². The Balaban J connectivity index is 1.25. The molecule has 2 saturated heterocycles. The van der Waals surface area contributed by atoms with Gasteiger partial charge in [0, 0.05) is 25.4 Å². The van der Waals surface area contributed by atoms with E-state index in [2.05, 4.69) is 5.09 Å². The van der Waals surface area contributed by atoms with Gasteiger partial charge >= 0.3 is 5.97 Å². The van der Waals surface area contributed by atoms with E-state index in [1.54, 1.807) is 16.7 Å². The predicted molar refractivity (Wildman–Crippen MR) is 166 cm³/mol. The summed E-state index contributed by atoms with van der Waals surface area (Å²) in [6.07, 6.45) is 3.09. The topological polar surface area (TPSA) is 96.0 Å². The minimum Gasteiger partial charge on any atom is -0.459 e. The lowest BCUT2D eigenvalue weighted by atomic mass is 10.1. The molecule has 2 aliphatic rings. The smallest absolute Gasteiger partial charge is 0.329 e. The molecule has 1 N–H and O–H groups in total. The number of hydrogen-bond donors (Lipinski definition) is 1. The molecule has 0 spiro atoms. The molecule has 0 saturated carbocycles. The molecule has 2 aliphatic heterocycles. The largest absolute Gasteiger partial charge is 0.459 e. The summed E-state index contributed by atoms with van der Waals surface area (Å²) in [5, 5.41) is 3.22. The van der Waals surface area contributed by atoms with Crippen molar-refractivity contribution in [2.24, 2.45) is 0 Å². The first-order chi connectivity index (χ1) is 20.8. The molecule has 3 aromatic carbocycles. The first kappa shape index (κ1) is 30.7. The Morgan fingerprint density at radius 3 is 1.81 bits per heavy atom. The second-order valence-electron chi connectivity index (χ2n) is 11.5. The van der Waals surface area contributed by atoms with Gasteiger partial charge in [0.25, 0.3) is 0 Å². The van der Waals surface area contributed by atoms with Crippen molar-refractivity contribution in [1.82, 2.24) is 14.9 Å². The second-order valence-corrected chi connectivity index (χ2v) is 14.2. The third-order valence-electron chi connectivity index (χ3n) is 8.21. The number of hydrogen-bond acceptors (Lipinski definition) is 5. The van der Waals surface area contributed by atoms with Gasteiger partial charge in [0.1, 0.15) is 18.7 Å². The van der Waals surface area contributed by atoms with Crippen LogP contribution in [0.5, 0.6) is 0 Å². The Hall–Kier alpha value is -3.74. The fourth-order valence-corrected chi connectivity index (χ4v) is 8.85. The maximum atomic E-state index is 14.4. The molecule has 0 aliphatic carbocycles. The molecule has 8 nitrogen and oxygen atoms in total. The van der Waals surface area contributed by atoms with E-state index < -0.39 is 31.4 Å². The van der Waals surface area contributed by atoms with E-state index in [0.717, 1.165) is 16.7 Å². The van der Waals surface area contributed by atoms with Crippen LogP contribution in [0.15, 0.2) is 91.0 Å². The van der Waals surface area contributed by atoms with Crippen LogP contribution in [0, 0.1) is 0 Å². The van der Waals surface area contributed by atoms with Crippen LogP contribution in [0.25, 0.3) is 0 Å².